The first-order chi connectivity index (χ1) is 10.8. The Morgan fingerprint density at radius 3 is 2.45 bits per heavy atom. The first-order valence-corrected chi connectivity index (χ1v) is 8.56. The van der Waals surface area contributed by atoms with E-state index in [9.17, 15) is 0 Å². The predicted octanol–water partition coefficient (Wildman–Crippen LogP) is 4.47. The molecule has 2 aromatic heterocycles. The van der Waals surface area contributed by atoms with Crippen molar-refractivity contribution in [2.45, 2.75) is 24.3 Å². The van der Waals surface area contributed by atoms with Gasteiger partial charge in [0.05, 0.1) is 0 Å². The van der Waals surface area contributed by atoms with Crippen LogP contribution < -0.4 is 0 Å². The van der Waals surface area contributed by atoms with Gasteiger partial charge in [-0.2, -0.15) is 0 Å². The quantitative estimate of drug-likeness (QED) is 0.651. The smallest absolute Gasteiger partial charge is 0.140 e. The molecule has 0 saturated heterocycles. The molecule has 0 bridgehead atoms. The highest BCUT2D eigenvalue weighted by atomic mass is 32.2. The minimum absolute atomic E-state index is 0.347. The highest BCUT2D eigenvalue weighted by Crippen LogP contribution is 2.25. The van der Waals surface area contributed by atoms with E-state index in [1.165, 1.54) is 10.5 Å². The lowest BCUT2D eigenvalue weighted by atomic mass is 10.1. The molecular weight excluding hydrogens is 290 g/mol. The summed E-state index contributed by atoms with van der Waals surface area (Å²) in [5.41, 5.74) is 2.45. The maximum atomic E-state index is 4.55. The molecule has 0 radical (unpaired) electrons. The largest absolute Gasteiger partial charge is 0.328 e. The molecule has 3 nitrogen and oxygen atoms in total. The van der Waals surface area contributed by atoms with Gasteiger partial charge in [-0.1, -0.05) is 12.1 Å². The van der Waals surface area contributed by atoms with Crippen LogP contribution in [0.3, 0.4) is 0 Å². The van der Waals surface area contributed by atoms with E-state index >= 15 is 0 Å². The predicted molar refractivity (Wildman–Crippen MR) is 92.1 cm³/mol. The van der Waals surface area contributed by atoms with E-state index in [1.807, 2.05) is 18.6 Å². The van der Waals surface area contributed by atoms with Crippen LogP contribution in [0.25, 0.3) is 11.4 Å². The second-order valence-electron chi connectivity index (χ2n) is 5.30. The highest BCUT2D eigenvalue weighted by molar-refractivity contribution is 7.98. The average molecular weight is 309 g/mol. The Hall–Kier alpha value is -2.07. The van der Waals surface area contributed by atoms with Crippen molar-refractivity contribution in [2.24, 2.45) is 0 Å². The van der Waals surface area contributed by atoms with Crippen LogP contribution >= 0.6 is 11.8 Å². The van der Waals surface area contributed by atoms with E-state index < -0.39 is 0 Å². The topological polar surface area (TPSA) is 30.7 Å². The van der Waals surface area contributed by atoms with Gasteiger partial charge in [-0.3, -0.25) is 4.98 Å². The van der Waals surface area contributed by atoms with Gasteiger partial charge in [-0.25, -0.2) is 4.98 Å². The van der Waals surface area contributed by atoms with E-state index in [4.69, 9.17) is 0 Å². The number of benzene rings is 1. The number of imidazole rings is 1. The molecule has 1 aromatic carbocycles. The third-order valence-corrected chi connectivity index (χ3v) is 4.52. The van der Waals surface area contributed by atoms with E-state index in [2.05, 4.69) is 70.3 Å². The van der Waals surface area contributed by atoms with Crippen LogP contribution in [-0.2, 0) is 6.42 Å². The molecule has 0 N–H and O–H groups in total. The molecule has 0 saturated carbocycles. The fraction of sp³-hybridized carbons (Fsp3) is 0.222. The maximum absolute atomic E-state index is 4.55. The Labute approximate surface area is 135 Å². The molecule has 0 spiro atoms. The summed E-state index contributed by atoms with van der Waals surface area (Å²) in [7, 11) is 0. The van der Waals surface area contributed by atoms with Gasteiger partial charge in [-0.05, 0) is 49.4 Å². The number of aromatic nitrogens is 3. The van der Waals surface area contributed by atoms with Gasteiger partial charge in [0.1, 0.15) is 5.82 Å². The molecule has 3 rings (SSSR count). The van der Waals surface area contributed by atoms with Crippen molar-refractivity contribution < 1.29 is 0 Å². The lowest BCUT2D eigenvalue weighted by molar-refractivity contribution is 0.549. The molecule has 2 heterocycles. The van der Waals surface area contributed by atoms with Crippen LogP contribution in [0.1, 0.15) is 18.5 Å². The number of pyridine rings is 1. The molecule has 0 aliphatic rings. The highest BCUT2D eigenvalue weighted by Gasteiger charge is 2.12. The summed E-state index contributed by atoms with van der Waals surface area (Å²) in [5, 5.41) is 0. The average Bonchev–Trinajstić information content (AvgIpc) is 3.05. The molecule has 1 atom stereocenters. The fourth-order valence-corrected chi connectivity index (χ4v) is 3.00. The van der Waals surface area contributed by atoms with Crippen LogP contribution in [0.5, 0.6) is 0 Å². The van der Waals surface area contributed by atoms with Crippen LogP contribution in [0.4, 0.5) is 0 Å². The first kappa shape index (κ1) is 14.9. The van der Waals surface area contributed by atoms with E-state index in [0.717, 1.165) is 17.8 Å². The third kappa shape index (κ3) is 3.22. The molecule has 0 amide bonds. The van der Waals surface area contributed by atoms with Crippen molar-refractivity contribution in [3.8, 4) is 11.4 Å². The Bertz CT molecular complexity index is 720. The second-order valence-corrected chi connectivity index (χ2v) is 6.17. The summed E-state index contributed by atoms with van der Waals surface area (Å²) < 4.78 is 2.24. The number of nitrogens with zero attached hydrogens (tertiary/aromatic N) is 3. The molecule has 22 heavy (non-hydrogen) atoms. The fourth-order valence-electron chi connectivity index (χ4n) is 2.59. The van der Waals surface area contributed by atoms with Gasteiger partial charge in [-0.15, -0.1) is 11.8 Å². The summed E-state index contributed by atoms with van der Waals surface area (Å²) in [5.74, 6) is 1.02. The summed E-state index contributed by atoms with van der Waals surface area (Å²) in [4.78, 5) is 9.89. The van der Waals surface area contributed by atoms with Gasteiger partial charge in [0.25, 0.3) is 0 Å². The van der Waals surface area contributed by atoms with E-state index in [-0.39, 0.29) is 0 Å². The molecule has 0 unspecified atom stereocenters. The van der Waals surface area contributed by atoms with Crippen molar-refractivity contribution in [3.05, 3.63) is 66.7 Å². The maximum Gasteiger partial charge on any atom is 0.140 e. The van der Waals surface area contributed by atoms with Crippen molar-refractivity contribution in [2.75, 3.05) is 6.26 Å². The van der Waals surface area contributed by atoms with Crippen LogP contribution in [-0.4, -0.2) is 20.8 Å². The second kappa shape index (κ2) is 6.79. The van der Waals surface area contributed by atoms with Crippen molar-refractivity contribution in [1.82, 2.24) is 14.5 Å². The Morgan fingerprint density at radius 2 is 1.77 bits per heavy atom. The Morgan fingerprint density at radius 1 is 1.05 bits per heavy atom. The van der Waals surface area contributed by atoms with Gasteiger partial charge >= 0.3 is 0 Å². The zero-order valence-corrected chi connectivity index (χ0v) is 13.6. The van der Waals surface area contributed by atoms with Crippen molar-refractivity contribution >= 4 is 11.8 Å². The molecule has 3 aromatic rings. The van der Waals surface area contributed by atoms with Crippen LogP contribution in [0.15, 0.2) is 66.1 Å². The van der Waals surface area contributed by atoms with Crippen LogP contribution in [0.2, 0.25) is 0 Å². The number of rotatable bonds is 5. The molecule has 0 fully saturated rings. The summed E-state index contributed by atoms with van der Waals surface area (Å²) in [6.45, 7) is 2.22. The monoisotopic (exact) mass is 309 g/mol. The first-order valence-electron chi connectivity index (χ1n) is 7.34. The van der Waals surface area contributed by atoms with Crippen LogP contribution in [0, 0.1) is 0 Å². The molecule has 4 heteroatoms. The SMILES string of the molecule is CSc1ccc(-c2nccn2[C@@H](C)Cc2ccncc2)cc1. The minimum Gasteiger partial charge on any atom is -0.328 e. The number of hydrogen-bond donors (Lipinski definition) is 0. The summed E-state index contributed by atoms with van der Waals surface area (Å²) >= 11 is 1.75. The zero-order valence-electron chi connectivity index (χ0n) is 12.8. The van der Waals surface area contributed by atoms with Crippen molar-refractivity contribution in [1.29, 1.82) is 0 Å². The van der Waals surface area contributed by atoms with E-state index in [1.54, 1.807) is 11.8 Å². The number of thioether (sulfide) groups is 1. The molecule has 0 aliphatic heterocycles. The van der Waals surface area contributed by atoms with Gasteiger partial charge in [0.15, 0.2) is 0 Å². The molecule has 0 aliphatic carbocycles. The summed E-state index contributed by atoms with van der Waals surface area (Å²) in [6, 6.07) is 13.1. The van der Waals surface area contributed by atoms with Gasteiger partial charge < -0.3 is 4.57 Å². The number of hydrogen-bond acceptors (Lipinski definition) is 3. The summed E-state index contributed by atoms with van der Waals surface area (Å²) in [6.07, 6.45) is 10.7. The lowest BCUT2D eigenvalue weighted by Gasteiger charge is -2.16. The van der Waals surface area contributed by atoms with E-state index in [0.29, 0.717) is 6.04 Å². The normalized spacial score (nSPS) is 12.3. The standard InChI is InChI=1S/C18H19N3S/c1-14(13-15-7-9-19-10-8-15)21-12-11-20-18(21)16-3-5-17(22-2)6-4-16/h3-12,14H,13H2,1-2H3/t14-/m0/s1. The zero-order chi connectivity index (χ0) is 15.4. The molecular formula is C18H19N3S. The Balaban J connectivity index is 1.84. The van der Waals surface area contributed by atoms with Gasteiger partial charge in [0, 0.05) is 41.3 Å². The Kier molecular flexibility index (Phi) is 4.59. The van der Waals surface area contributed by atoms with Crippen molar-refractivity contribution in [3.63, 3.8) is 0 Å². The molecule has 112 valence electrons. The lowest BCUT2D eigenvalue weighted by Crippen LogP contribution is -2.09. The minimum atomic E-state index is 0.347. The third-order valence-electron chi connectivity index (χ3n) is 3.77. The van der Waals surface area contributed by atoms with Gasteiger partial charge in [0.2, 0.25) is 0 Å².